The lowest BCUT2D eigenvalue weighted by Crippen LogP contribution is -2.12. The van der Waals surface area contributed by atoms with E-state index in [2.05, 4.69) is 222 Å². The zero-order chi connectivity index (χ0) is 38.9. The molecule has 12 rings (SSSR count). The summed E-state index contributed by atoms with van der Waals surface area (Å²) in [7, 11) is 0. The van der Waals surface area contributed by atoms with E-state index in [0.29, 0.717) is 0 Å². The number of furan rings is 1. The fourth-order valence-corrected chi connectivity index (χ4v) is 9.39. The maximum Gasteiger partial charge on any atom is 0.143 e. The molecule has 276 valence electrons. The van der Waals surface area contributed by atoms with Crippen molar-refractivity contribution < 1.29 is 4.42 Å². The van der Waals surface area contributed by atoms with E-state index in [1.165, 1.54) is 43.4 Å². The lowest BCUT2D eigenvalue weighted by Gasteiger charge is -2.30. The average Bonchev–Trinajstić information content (AvgIpc) is 3.86. The van der Waals surface area contributed by atoms with Crippen LogP contribution in [0.2, 0.25) is 0 Å². The molecule has 2 heterocycles. The fourth-order valence-electron chi connectivity index (χ4n) is 9.39. The molecule has 0 aliphatic carbocycles. The molecule has 12 aromatic rings. The van der Waals surface area contributed by atoms with Gasteiger partial charge in [0, 0.05) is 49.3 Å². The average molecular weight is 753 g/mol. The lowest BCUT2D eigenvalue weighted by atomic mass is 9.96. The van der Waals surface area contributed by atoms with Crippen LogP contribution >= 0.6 is 0 Å². The van der Waals surface area contributed by atoms with Gasteiger partial charge in [0.2, 0.25) is 0 Å². The van der Waals surface area contributed by atoms with Crippen LogP contribution in [0.1, 0.15) is 0 Å². The first-order valence-corrected chi connectivity index (χ1v) is 20.2. The highest BCUT2D eigenvalue weighted by Gasteiger charge is 2.23. The zero-order valence-corrected chi connectivity index (χ0v) is 32.1. The largest absolute Gasteiger partial charge is 0.455 e. The third-order valence-corrected chi connectivity index (χ3v) is 12.0. The SMILES string of the molecule is c1cc(-c2ccccc2-n2c3ccccc3c3ccccc32)cc(N(c2ccccc2-c2cccc3c2oc2ccccc23)c2cc3ccccc3c3ccccc23)c1. The molecule has 0 atom stereocenters. The van der Waals surface area contributed by atoms with Crippen LogP contribution in [0, 0.1) is 0 Å². The van der Waals surface area contributed by atoms with Crippen LogP contribution in [0.4, 0.5) is 17.1 Å². The van der Waals surface area contributed by atoms with Crippen LogP contribution < -0.4 is 4.90 Å². The van der Waals surface area contributed by atoms with Gasteiger partial charge in [0.15, 0.2) is 0 Å². The van der Waals surface area contributed by atoms with E-state index in [0.717, 1.165) is 66.9 Å². The third-order valence-electron chi connectivity index (χ3n) is 12.0. The van der Waals surface area contributed by atoms with Crippen molar-refractivity contribution in [2.75, 3.05) is 4.90 Å². The van der Waals surface area contributed by atoms with Gasteiger partial charge in [-0.05, 0) is 70.3 Å². The topological polar surface area (TPSA) is 21.3 Å². The molecule has 0 spiro atoms. The Morgan fingerprint density at radius 3 is 1.75 bits per heavy atom. The fraction of sp³-hybridized carbons (Fsp3) is 0. The minimum atomic E-state index is 0.887. The van der Waals surface area contributed by atoms with E-state index >= 15 is 0 Å². The molecule has 0 radical (unpaired) electrons. The number of rotatable bonds is 6. The number of aromatic nitrogens is 1. The van der Waals surface area contributed by atoms with Gasteiger partial charge in [-0.2, -0.15) is 0 Å². The Labute approximate surface area is 341 Å². The van der Waals surface area contributed by atoms with E-state index in [1.807, 2.05) is 6.07 Å². The molecule has 0 amide bonds. The van der Waals surface area contributed by atoms with Crippen LogP contribution in [0.5, 0.6) is 0 Å². The molecular formula is C56H36N2O. The quantitative estimate of drug-likeness (QED) is 0.158. The molecule has 0 N–H and O–H groups in total. The van der Waals surface area contributed by atoms with Crippen LogP contribution in [0.25, 0.3) is 93.2 Å². The minimum Gasteiger partial charge on any atom is -0.455 e. The number of hydrogen-bond acceptors (Lipinski definition) is 2. The smallest absolute Gasteiger partial charge is 0.143 e. The van der Waals surface area contributed by atoms with Gasteiger partial charge in [-0.3, -0.25) is 0 Å². The number of hydrogen-bond donors (Lipinski definition) is 0. The standard InChI is InChI=1S/C56H36N2O/c1-2-20-40-38(17-1)36-54(43-23-4-3-22-42(40)43)57(51-31-11-8-26-46(51)48-28-16-29-49-47-27-9-14-34-55(47)59-56(48)49)39-19-15-18-37(35-39)41-21-5-10-30-50(41)58-52-32-12-6-24-44(52)45-25-7-13-33-53(45)58/h1-36H. The van der Waals surface area contributed by atoms with Gasteiger partial charge in [-0.25, -0.2) is 0 Å². The molecule has 0 saturated carbocycles. The van der Waals surface area contributed by atoms with Gasteiger partial charge in [-0.1, -0.05) is 170 Å². The predicted octanol–water partition coefficient (Wildman–Crippen LogP) is 15.8. The third kappa shape index (κ3) is 5.22. The summed E-state index contributed by atoms with van der Waals surface area (Å²) in [5, 5.41) is 9.55. The summed E-state index contributed by atoms with van der Waals surface area (Å²) >= 11 is 0. The molecule has 0 aliphatic heterocycles. The van der Waals surface area contributed by atoms with Crippen LogP contribution in [-0.2, 0) is 0 Å². The number of anilines is 3. The van der Waals surface area contributed by atoms with Crippen LogP contribution in [0.15, 0.2) is 223 Å². The van der Waals surface area contributed by atoms with Gasteiger partial charge in [0.1, 0.15) is 11.2 Å². The molecular weight excluding hydrogens is 717 g/mol. The van der Waals surface area contributed by atoms with Crippen LogP contribution in [-0.4, -0.2) is 4.57 Å². The Morgan fingerprint density at radius 1 is 0.356 bits per heavy atom. The number of fused-ring (bicyclic) bond motifs is 9. The van der Waals surface area contributed by atoms with E-state index in [9.17, 15) is 0 Å². The summed E-state index contributed by atoms with van der Waals surface area (Å²) in [5.41, 5.74) is 13.0. The molecule has 0 bridgehead atoms. The minimum absolute atomic E-state index is 0.887. The Morgan fingerprint density at radius 2 is 0.932 bits per heavy atom. The van der Waals surface area contributed by atoms with E-state index in [1.54, 1.807) is 0 Å². The first kappa shape index (κ1) is 33.3. The zero-order valence-electron chi connectivity index (χ0n) is 32.1. The highest BCUT2D eigenvalue weighted by Crippen LogP contribution is 2.48. The van der Waals surface area contributed by atoms with Crippen LogP contribution in [0.3, 0.4) is 0 Å². The molecule has 3 heteroatoms. The van der Waals surface area contributed by atoms with E-state index < -0.39 is 0 Å². The molecule has 10 aromatic carbocycles. The van der Waals surface area contributed by atoms with Crippen molar-refractivity contribution in [1.29, 1.82) is 0 Å². The van der Waals surface area contributed by atoms with Crippen molar-refractivity contribution in [1.82, 2.24) is 4.57 Å². The van der Waals surface area contributed by atoms with Crippen molar-refractivity contribution in [2.24, 2.45) is 0 Å². The van der Waals surface area contributed by atoms with E-state index in [-0.39, 0.29) is 0 Å². The Balaban J connectivity index is 1.13. The lowest BCUT2D eigenvalue weighted by molar-refractivity contribution is 0.670. The summed E-state index contributed by atoms with van der Waals surface area (Å²) in [4.78, 5) is 2.46. The number of benzene rings is 10. The second kappa shape index (κ2) is 13.4. The molecule has 0 unspecified atom stereocenters. The second-order valence-corrected chi connectivity index (χ2v) is 15.2. The summed E-state index contributed by atoms with van der Waals surface area (Å²) < 4.78 is 9.10. The molecule has 0 aliphatic rings. The monoisotopic (exact) mass is 752 g/mol. The normalized spacial score (nSPS) is 11.7. The molecule has 2 aromatic heterocycles. The Kier molecular flexibility index (Phi) is 7.54. The summed E-state index contributed by atoms with van der Waals surface area (Å²) in [6.45, 7) is 0. The number of para-hydroxylation sites is 6. The van der Waals surface area contributed by atoms with Crippen molar-refractivity contribution >= 4 is 82.4 Å². The van der Waals surface area contributed by atoms with Crippen molar-refractivity contribution in [3.63, 3.8) is 0 Å². The maximum atomic E-state index is 6.68. The Bertz CT molecular complexity index is 3540. The van der Waals surface area contributed by atoms with E-state index in [4.69, 9.17) is 4.42 Å². The van der Waals surface area contributed by atoms with Gasteiger partial charge >= 0.3 is 0 Å². The summed E-state index contributed by atoms with van der Waals surface area (Å²) in [6, 6.07) is 78.8. The first-order valence-electron chi connectivity index (χ1n) is 20.2. The molecule has 0 saturated heterocycles. The van der Waals surface area contributed by atoms with Gasteiger partial charge in [0.05, 0.1) is 28.1 Å². The number of nitrogens with zero attached hydrogens (tertiary/aromatic N) is 2. The van der Waals surface area contributed by atoms with Crippen molar-refractivity contribution in [3.05, 3.63) is 218 Å². The van der Waals surface area contributed by atoms with Gasteiger partial charge in [-0.15, -0.1) is 0 Å². The summed E-state index contributed by atoms with van der Waals surface area (Å²) in [6.07, 6.45) is 0. The molecule has 59 heavy (non-hydrogen) atoms. The Hall–Kier alpha value is -7.88. The summed E-state index contributed by atoms with van der Waals surface area (Å²) in [5.74, 6) is 0. The van der Waals surface area contributed by atoms with Crippen molar-refractivity contribution in [3.8, 4) is 27.9 Å². The van der Waals surface area contributed by atoms with Gasteiger partial charge < -0.3 is 13.9 Å². The first-order chi connectivity index (χ1) is 29.3. The van der Waals surface area contributed by atoms with Crippen molar-refractivity contribution in [2.45, 2.75) is 0 Å². The molecule has 0 fully saturated rings. The maximum absolute atomic E-state index is 6.68. The van der Waals surface area contributed by atoms with Gasteiger partial charge in [0.25, 0.3) is 0 Å². The highest BCUT2D eigenvalue weighted by molar-refractivity contribution is 6.16. The highest BCUT2D eigenvalue weighted by atomic mass is 16.3. The predicted molar refractivity (Wildman–Crippen MR) is 249 cm³/mol. The molecule has 3 nitrogen and oxygen atoms in total. The second-order valence-electron chi connectivity index (χ2n) is 15.2.